The zero-order chi connectivity index (χ0) is 33.2. The molecular weight excluding hydrogens is 619 g/mol. The van der Waals surface area contributed by atoms with E-state index in [-0.39, 0.29) is 12.2 Å². The first-order valence-corrected chi connectivity index (χ1v) is 15.6. The Morgan fingerprint density at radius 2 is 1.80 bits per heavy atom. The van der Waals surface area contributed by atoms with E-state index in [1.807, 2.05) is 4.98 Å². The zero-order valence-electron chi connectivity index (χ0n) is 25.2. The number of H-pyrrole nitrogens is 1. The van der Waals surface area contributed by atoms with Gasteiger partial charge in [-0.3, -0.25) is 28.5 Å². The lowest BCUT2D eigenvalue weighted by atomic mass is 9.97. The van der Waals surface area contributed by atoms with E-state index in [4.69, 9.17) is 23.3 Å². The van der Waals surface area contributed by atoms with Crippen LogP contribution < -0.4 is 20.9 Å². The summed E-state index contributed by atoms with van der Waals surface area (Å²) < 4.78 is 74.8. The van der Waals surface area contributed by atoms with Crippen molar-refractivity contribution in [3.8, 4) is 5.75 Å². The highest BCUT2D eigenvalue weighted by molar-refractivity contribution is 7.52. The van der Waals surface area contributed by atoms with Crippen molar-refractivity contribution in [3.05, 3.63) is 75.6 Å². The monoisotopic (exact) mass is 653 g/mol. The Balaban J connectivity index is 1.72. The SMILES string of the molecule is CCC(=O)O[C@H]1[C@@](C)(F)[C@H](n2ccc(=O)[nH]c2=O)O[C@]1(F)COP(=O)(N[C@@H](C)C(=O)OC(C)C)Oc1cccc2ccccc12. The van der Waals surface area contributed by atoms with Gasteiger partial charge in [-0.25, -0.2) is 18.1 Å². The molecule has 1 fully saturated rings. The molecule has 6 atom stereocenters. The average Bonchev–Trinajstić information content (AvgIpc) is 3.16. The molecule has 1 aliphatic heterocycles. The normalized spacial score (nSPS) is 25.1. The standard InChI is InChI=1S/C29H34F2N3O10P/c1-6-23(36)42-25-28(5,30)26(34-15-14-22(35)32-27(34)38)43-29(25,31)16-40-45(39,33-18(4)24(37)41-17(2)3)44-21-13-9-11-19-10-7-8-12-20(19)21/h7-15,17-18,25-26H,6,16H2,1-5H3,(H,33,39)(H,32,35,38)/t18-,25-,26+,28+,29+,45?/m0/s1. The molecule has 1 aromatic heterocycles. The Bertz CT molecular complexity index is 1720. The molecule has 3 aromatic rings. The van der Waals surface area contributed by atoms with Crippen LogP contribution in [0.4, 0.5) is 8.78 Å². The van der Waals surface area contributed by atoms with Crippen molar-refractivity contribution in [1.82, 2.24) is 14.6 Å². The first-order valence-electron chi connectivity index (χ1n) is 14.1. The molecule has 2 aromatic carbocycles. The summed E-state index contributed by atoms with van der Waals surface area (Å²) in [5.74, 6) is -5.17. The highest BCUT2D eigenvalue weighted by atomic mass is 31.2. The van der Waals surface area contributed by atoms with E-state index < -0.39 is 73.5 Å². The number of aromatic nitrogens is 2. The lowest BCUT2D eigenvalue weighted by Gasteiger charge is -2.30. The van der Waals surface area contributed by atoms with Crippen molar-refractivity contribution in [2.75, 3.05) is 6.61 Å². The molecule has 244 valence electrons. The van der Waals surface area contributed by atoms with Gasteiger partial charge in [-0.05, 0) is 39.1 Å². The minimum atomic E-state index is -4.76. The number of benzene rings is 2. The Labute approximate surface area is 256 Å². The van der Waals surface area contributed by atoms with Gasteiger partial charge in [0.2, 0.25) is 6.10 Å². The van der Waals surface area contributed by atoms with E-state index in [2.05, 4.69) is 5.09 Å². The quantitative estimate of drug-likeness (QED) is 0.214. The molecule has 1 aliphatic rings. The van der Waals surface area contributed by atoms with Gasteiger partial charge < -0.3 is 18.7 Å². The summed E-state index contributed by atoms with van der Waals surface area (Å²) in [6, 6.07) is 11.3. The molecule has 16 heteroatoms. The van der Waals surface area contributed by atoms with Crippen LogP contribution in [0.2, 0.25) is 0 Å². The van der Waals surface area contributed by atoms with Gasteiger partial charge >= 0.3 is 25.4 Å². The topological polar surface area (TPSA) is 164 Å². The number of nitrogens with one attached hydrogen (secondary N) is 2. The Morgan fingerprint density at radius 3 is 2.47 bits per heavy atom. The maximum atomic E-state index is 16.8. The van der Waals surface area contributed by atoms with Gasteiger partial charge in [0.15, 0.2) is 11.9 Å². The summed E-state index contributed by atoms with van der Waals surface area (Å²) in [4.78, 5) is 50.8. The minimum absolute atomic E-state index is 0.0376. The summed E-state index contributed by atoms with van der Waals surface area (Å²) in [7, 11) is -4.76. The molecule has 0 bridgehead atoms. The van der Waals surface area contributed by atoms with E-state index in [0.717, 1.165) is 19.2 Å². The smallest absolute Gasteiger partial charge is 0.459 e. The second kappa shape index (κ2) is 13.2. The molecule has 0 spiro atoms. The fourth-order valence-electron chi connectivity index (χ4n) is 4.67. The van der Waals surface area contributed by atoms with Crippen LogP contribution in [0, 0.1) is 0 Å². The molecule has 0 radical (unpaired) electrons. The molecule has 1 unspecified atom stereocenters. The maximum Gasteiger partial charge on any atom is 0.459 e. The summed E-state index contributed by atoms with van der Waals surface area (Å²) >= 11 is 0. The Hall–Kier alpha value is -3.91. The number of hydrogen-bond donors (Lipinski definition) is 2. The van der Waals surface area contributed by atoms with E-state index in [0.29, 0.717) is 15.3 Å². The van der Waals surface area contributed by atoms with Crippen LogP contribution in [0.25, 0.3) is 10.8 Å². The number of esters is 2. The first-order chi connectivity index (χ1) is 21.1. The number of nitrogens with zero attached hydrogens (tertiary/aromatic N) is 1. The van der Waals surface area contributed by atoms with Crippen LogP contribution in [-0.4, -0.2) is 57.9 Å². The predicted molar refractivity (Wildman–Crippen MR) is 157 cm³/mol. The molecule has 4 rings (SSSR count). The molecule has 13 nitrogen and oxygen atoms in total. The van der Waals surface area contributed by atoms with Gasteiger partial charge in [0, 0.05) is 24.1 Å². The Kier molecular flexibility index (Phi) is 9.98. The number of hydrogen-bond acceptors (Lipinski definition) is 10. The van der Waals surface area contributed by atoms with Crippen LogP contribution >= 0.6 is 7.75 Å². The van der Waals surface area contributed by atoms with Gasteiger partial charge in [0.1, 0.15) is 18.4 Å². The van der Waals surface area contributed by atoms with Crippen molar-refractivity contribution in [1.29, 1.82) is 0 Å². The fourth-order valence-corrected chi connectivity index (χ4v) is 6.20. The number of fused-ring (bicyclic) bond motifs is 1. The number of carbonyl (C=O) groups excluding carboxylic acids is 2. The van der Waals surface area contributed by atoms with Gasteiger partial charge in [-0.15, -0.1) is 0 Å². The van der Waals surface area contributed by atoms with Crippen molar-refractivity contribution < 1.29 is 46.2 Å². The van der Waals surface area contributed by atoms with Crippen molar-refractivity contribution in [2.24, 2.45) is 0 Å². The van der Waals surface area contributed by atoms with Gasteiger partial charge in [-0.2, -0.15) is 5.09 Å². The number of aromatic amines is 1. The summed E-state index contributed by atoms with van der Waals surface area (Å²) in [5, 5.41) is 3.61. The van der Waals surface area contributed by atoms with Gasteiger partial charge in [0.25, 0.3) is 11.4 Å². The Morgan fingerprint density at radius 1 is 1.11 bits per heavy atom. The highest BCUT2D eigenvalue weighted by Gasteiger charge is 2.68. The average molecular weight is 654 g/mol. The second-order valence-electron chi connectivity index (χ2n) is 10.8. The van der Waals surface area contributed by atoms with E-state index in [1.165, 1.54) is 19.9 Å². The van der Waals surface area contributed by atoms with Crippen LogP contribution in [0.15, 0.2) is 64.3 Å². The fraction of sp³-hybridized carbons (Fsp3) is 0.448. The molecule has 1 saturated heterocycles. The molecule has 0 amide bonds. The highest BCUT2D eigenvalue weighted by Crippen LogP contribution is 2.53. The second-order valence-corrected chi connectivity index (χ2v) is 12.5. The maximum absolute atomic E-state index is 16.8. The molecule has 0 saturated carbocycles. The molecule has 2 N–H and O–H groups in total. The van der Waals surface area contributed by atoms with E-state index in [9.17, 15) is 23.7 Å². The largest absolute Gasteiger partial charge is 0.462 e. The molecular formula is C29H34F2N3O10P. The molecule has 0 aliphatic carbocycles. The molecule has 2 heterocycles. The third-order valence-electron chi connectivity index (χ3n) is 6.79. The van der Waals surface area contributed by atoms with Crippen LogP contribution in [0.3, 0.4) is 0 Å². The summed E-state index contributed by atoms with van der Waals surface area (Å²) in [6.45, 7) is 5.37. The third kappa shape index (κ3) is 7.50. The minimum Gasteiger partial charge on any atom is -0.462 e. The predicted octanol–water partition coefficient (Wildman–Crippen LogP) is 4.07. The van der Waals surface area contributed by atoms with Crippen molar-refractivity contribution >= 4 is 30.5 Å². The summed E-state index contributed by atoms with van der Waals surface area (Å²) in [5.41, 5.74) is -4.86. The van der Waals surface area contributed by atoms with E-state index >= 15 is 8.78 Å². The number of ether oxygens (including phenoxy) is 3. The lowest BCUT2D eigenvalue weighted by molar-refractivity contribution is -0.214. The van der Waals surface area contributed by atoms with E-state index in [1.54, 1.807) is 50.2 Å². The van der Waals surface area contributed by atoms with Crippen LogP contribution in [0.5, 0.6) is 5.75 Å². The van der Waals surface area contributed by atoms with Gasteiger partial charge in [0.05, 0.1) is 6.10 Å². The number of rotatable bonds is 12. The van der Waals surface area contributed by atoms with Crippen LogP contribution in [-0.2, 0) is 32.9 Å². The van der Waals surface area contributed by atoms with Crippen molar-refractivity contribution in [3.63, 3.8) is 0 Å². The summed E-state index contributed by atoms with van der Waals surface area (Å²) in [6.07, 6.45) is -4.34. The number of carbonyl (C=O) groups is 2. The third-order valence-corrected chi connectivity index (χ3v) is 8.40. The molecule has 45 heavy (non-hydrogen) atoms. The van der Waals surface area contributed by atoms with Gasteiger partial charge in [-0.1, -0.05) is 43.3 Å². The van der Waals surface area contributed by atoms with Crippen molar-refractivity contribution in [2.45, 2.75) is 77.0 Å². The first kappa shape index (κ1) is 34.0. The van der Waals surface area contributed by atoms with Crippen LogP contribution in [0.1, 0.15) is 47.3 Å². The number of halogens is 2. The zero-order valence-corrected chi connectivity index (χ0v) is 26.0. The number of alkyl halides is 2. The lowest BCUT2D eigenvalue weighted by Crippen LogP contribution is -2.50.